The Labute approximate surface area is 118 Å². The van der Waals surface area contributed by atoms with Crippen molar-refractivity contribution in [3.8, 4) is 5.82 Å². The molecule has 0 radical (unpaired) electrons. The van der Waals surface area contributed by atoms with Crippen molar-refractivity contribution in [2.24, 2.45) is 0 Å². The molecule has 0 amide bonds. The van der Waals surface area contributed by atoms with Crippen LogP contribution in [0.2, 0.25) is 5.02 Å². The van der Waals surface area contributed by atoms with Crippen LogP contribution < -0.4 is 5.32 Å². The largest absolute Gasteiger partial charge is 0.370 e. The Balaban J connectivity index is 2.59. The van der Waals surface area contributed by atoms with Crippen molar-refractivity contribution in [3.05, 3.63) is 28.8 Å². The summed E-state index contributed by atoms with van der Waals surface area (Å²) in [7, 11) is 0. The van der Waals surface area contributed by atoms with Gasteiger partial charge >= 0.3 is 0 Å². The highest BCUT2D eigenvalue weighted by Gasteiger charge is 2.17. The predicted molar refractivity (Wildman–Crippen MR) is 77.2 cm³/mol. The Bertz CT molecular complexity index is 557. The van der Waals surface area contributed by atoms with Gasteiger partial charge in [0.25, 0.3) is 0 Å². The SMILES string of the molecule is CCNc1ncnc(-n2cc(Cl)c(C)n2)c1C(C)C. The molecule has 2 heterocycles. The average Bonchev–Trinajstić information content (AvgIpc) is 2.69. The fourth-order valence-corrected chi connectivity index (χ4v) is 2.09. The zero-order valence-corrected chi connectivity index (χ0v) is 12.4. The summed E-state index contributed by atoms with van der Waals surface area (Å²) in [4.78, 5) is 8.67. The molecule has 0 atom stereocenters. The molecule has 2 rings (SSSR count). The maximum atomic E-state index is 6.07. The monoisotopic (exact) mass is 279 g/mol. The van der Waals surface area contributed by atoms with Crippen molar-refractivity contribution in [3.63, 3.8) is 0 Å². The molecule has 5 nitrogen and oxygen atoms in total. The number of aryl methyl sites for hydroxylation is 1. The lowest BCUT2D eigenvalue weighted by Gasteiger charge is -2.16. The molecular weight excluding hydrogens is 262 g/mol. The van der Waals surface area contributed by atoms with Crippen LogP contribution >= 0.6 is 11.6 Å². The Morgan fingerprint density at radius 2 is 2.11 bits per heavy atom. The van der Waals surface area contributed by atoms with E-state index in [0.717, 1.165) is 29.4 Å². The molecule has 0 aromatic carbocycles. The predicted octanol–water partition coefficient (Wildman–Crippen LogP) is 3.18. The molecule has 0 bridgehead atoms. The summed E-state index contributed by atoms with van der Waals surface area (Å²) in [5, 5.41) is 8.29. The van der Waals surface area contributed by atoms with Gasteiger partial charge in [0.2, 0.25) is 0 Å². The Morgan fingerprint density at radius 3 is 2.63 bits per heavy atom. The van der Waals surface area contributed by atoms with Gasteiger partial charge in [0.1, 0.15) is 12.1 Å². The summed E-state index contributed by atoms with van der Waals surface area (Å²) in [6.45, 7) is 8.96. The molecule has 0 spiro atoms. The minimum Gasteiger partial charge on any atom is -0.370 e. The second-order valence-electron chi connectivity index (χ2n) is 4.65. The van der Waals surface area contributed by atoms with E-state index in [1.165, 1.54) is 0 Å². The average molecular weight is 280 g/mol. The van der Waals surface area contributed by atoms with Crippen LogP contribution in [-0.2, 0) is 0 Å². The molecule has 19 heavy (non-hydrogen) atoms. The van der Waals surface area contributed by atoms with Gasteiger partial charge in [-0.15, -0.1) is 0 Å². The van der Waals surface area contributed by atoms with E-state index in [4.69, 9.17) is 11.6 Å². The second-order valence-corrected chi connectivity index (χ2v) is 5.06. The van der Waals surface area contributed by atoms with Crippen molar-refractivity contribution >= 4 is 17.4 Å². The number of nitrogens with zero attached hydrogens (tertiary/aromatic N) is 4. The summed E-state index contributed by atoms with van der Waals surface area (Å²) >= 11 is 6.07. The summed E-state index contributed by atoms with van der Waals surface area (Å²) in [6, 6.07) is 0. The minimum absolute atomic E-state index is 0.286. The quantitative estimate of drug-likeness (QED) is 0.934. The molecule has 0 aliphatic heterocycles. The number of rotatable bonds is 4. The first-order valence-corrected chi connectivity index (χ1v) is 6.73. The van der Waals surface area contributed by atoms with Gasteiger partial charge in [-0.05, 0) is 19.8 Å². The number of anilines is 1. The molecule has 0 aliphatic rings. The lowest BCUT2D eigenvalue weighted by molar-refractivity contribution is 0.767. The summed E-state index contributed by atoms with van der Waals surface area (Å²) in [5.74, 6) is 1.91. The topological polar surface area (TPSA) is 55.6 Å². The van der Waals surface area contributed by atoms with Crippen molar-refractivity contribution in [1.82, 2.24) is 19.7 Å². The number of hydrogen-bond acceptors (Lipinski definition) is 4. The zero-order chi connectivity index (χ0) is 14.0. The first-order valence-electron chi connectivity index (χ1n) is 6.35. The fourth-order valence-electron chi connectivity index (χ4n) is 1.96. The number of nitrogens with one attached hydrogen (secondary N) is 1. The van der Waals surface area contributed by atoms with Crippen LogP contribution in [0.15, 0.2) is 12.5 Å². The van der Waals surface area contributed by atoms with Crippen molar-refractivity contribution in [2.45, 2.75) is 33.6 Å². The highest BCUT2D eigenvalue weighted by atomic mass is 35.5. The normalized spacial score (nSPS) is 11.1. The maximum absolute atomic E-state index is 6.07. The van der Waals surface area contributed by atoms with E-state index >= 15 is 0 Å². The maximum Gasteiger partial charge on any atom is 0.162 e. The van der Waals surface area contributed by atoms with Crippen LogP contribution in [0.5, 0.6) is 0 Å². The Kier molecular flexibility index (Phi) is 4.04. The third kappa shape index (κ3) is 2.71. The molecule has 0 unspecified atom stereocenters. The number of aromatic nitrogens is 4. The van der Waals surface area contributed by atoms with E-state index in [1.807, 2.05) is 13.8 Å². The van der Waals surface area contributed by atoms with Crippen molar-refractivity contribution < 1.29 is 0 Å². The van der Waals surface area contributed by atoms with Crippen LogP contribution in [0.1, 0.15) is 37.9 Å². The molecule has 0 saturated heterocycles. The number of halogens is 1. The van der Waals surface area contributed by atoms with E-state index in [2.05, 4.69) is 34.2 Å². The number of hydrogen-bond donors (Lipinski definition) is 1. The molecule has 0 fully saturated rings. The highest BCUT2D eigenvalue weighted by molar-refractivity contribution is 6.31. The van der Waals surface area contributed by atoms with Crippen molar-refractivity contribution in [1.29, 1.82) is 0 Å². The Hall–Kier alpha value is -1.62. The van der Waals surface area contributed by atoms with Gasteiger partial charge in [-0.25, -0.2) is 14.6 Å². The van der Waals surface area contributed by atoms with Gasteiger partial charge in [0.15, 0.2) is 5.82 Å². The molecule has 0 saturated carbocycles. The lowest BCUT2D eigenvalue weighted by atomic mass is 10.0. The van der Waals surface area contributed by atoms with Crippen molar-refractivity contribution in [2.75, 3.05) is 11.9 Å². The smallest absolute Gasteiger partial charge is 0.162 e. The Morgan fingerprint density at radius 1 is 1.37 bits per heavy atom. The summed E-state index contributed by atoms with van der Waals surface area (Å²) < 4.78 is 1.72. The first-order chi connectivity index (χ1) is 9.04. The van der Waals surface area contributed by atoms with Crippen LogP contribution in [0, 0.1) is 6.92 Å². The van der Waals surface area contributed by atoms with Gasteiger partial charge < -0.3 is 5.32 Å². The molecule has 6 heteroatoms. The van der Waals surface area contributed by atoms with Gasteiger partial charge in [-0.3, -0.25) is 0 Å². The third-order valence-corrected chi connectivity index (χ3v) is 3.21. The van der Waals surface area contributed by atoms with E-state index in [1.54, 1.807) is 17.2 Å². The molecule has 2 aromatic heterocycles. The fraction of sp³-hybridized carbons (Fsp3) is 0.462. The highest BCUT2D eigenvalue weighted by Crippen LogP contribution is 2.28. The van der Waals surface area contributed by atoms with Gasteiger partial charge in [-0.2, -0.15) is 5.10 Å². The van der Waals surface area contributed by atoms with Crippen LogP contribution in [-0.4, -0.2) is 26.3 Å². The van der Waals surface area contributed by atoms with Crippen LogP contribution in [0.3, 0.4) is 0 Å². The molecule has 2 aromatic rings. The summed E-state index contributed by atoms with van der Waals surface area (Å²) in [5.41, 5.74) is 1.84. The van der Waals surface area contributed by atoms with Gasteiger partial charge in [-0.1, -0.05) is 25.4 Å². The van der Waals surface area contributed by atoms with Crippen LogP contribution in [0.4, 0.5) is 5.82 Å². The van der Waals surface area contributed by atoms with E-state index in [0.29, 0.717) is 5.02 Å². The molecular formula is C13H18ClN5. The zero-order valence-electron chi connectivity index (χ0n) is 11.6. The summed E-state index contributed by atoms with van der Waals surface area (Å²) in [6.07, 6.45) is 3.32. The second kappa shape index (κ2) is 5.57. The van der Waals surface area contributed by atoms with Crippen LogP contribution in [0.25, 0.3) is 5.82 Å². The first kappa shape index (κ1) is 13.8. The van der Waals surface area contributed by atoms with E-state index < -0.39 is 0 Å². The van der Waals surface area contributed by atoms with Gasteiger partial charge in [0, 0.05) is 12.1 Å². The van der Waals surface area contributed by atoms with E-state index in [-0.39, 0.29) is 5.92 Å². The lowest BCUT2D eigenvalue weighted by Crippen LogP contribution is -2.11. The minimum atomic E-state index is 0.286. The molecule has 1 N–H and O–H groups in total. The molecule has 0 aliphatic carbocycles. The molecule has 102 valence electrons. The third-order valence-electron chi connectivity index (χ3n) is 2.84. The van der Waals surface area contributed by atoms with Gasteiger partial charge in [0.05, 0.1) is 16.9 Å². The standard InChI is InChI=1S/C13H18ClN5/c1-5-15-12-11(8(2)3)13(17-7-16-12)19-6-10(14)9(4)18-19/h6-8H,5H2,1-4H3,(H,15,16,17). The van der Waals surface area contributed by atoms with E-state index in [9.17, 15) is 0 Å².